The van der Waals surface area contributed by atoms with Gasteiger partial charge in [0.05, 0.1) is 17.5 Å². The summed E-state index contributed by atoms with van der Waals surface area (Å²) in [5, 5.41) is 3.21. The van der Waals surface area contributed by atoms with Crippen LogP contribution in [0.5, 0.6) is 5.88 Å². The van der Waals surface area contributed by atoms with Gasteiger partial charge in [0.25, 0.3) is 5.56 Å². The number of aromatic nitrogens is 3. The summed E-state index contributed by atoms with van der Waals surface area (Å²) in [5.74, 6) is 0.139. The lowest BCUT2D eigenvalue weighted by atomic mass is 10.2. The van der Waals surface area contributed by atoms with E-state index in [1.165, 1.54) is 4.57 Å². The van der Waals surface area contributed by atoms with Crippen molar-refractivity contribution in [2.75, 3.05) is 6.61 Å². The molecule has 0 bridgehead atoms. The van der Waals surface area contributed by atoms with E-state index in [0.29, 0.717) is 23.4 Å². The fraction of sp³-hybridized carbons (Fsp3) is 0.333. The molecular formula is C21H24N4O4. The minimum Gasteiger partial charge on any atom is -0.477 e. The number of nitrogens with one attached hydrogen (secondary N) is 1. The maximum absolute atomic E-state index is 12.7. The lowest BCUT2D eigenvalue weighted by molar-refractivity contribution is -0.121. The Morgan fingerprint density at radius 2 is 1.90 bits per heavy atom. The van der Waals surface area contributed by atoms with E-state index in [4.69, 9.17) is 4.74 Å². The maximum atomic E-state index is 12.7. The summed E-state index contributed by atoms with van der Waals surface area (Å²) in [5.41, 5.74) is 0.346. The van der Waals surface area contributed by atoms with Crippen molar-refractivity contribution >= 4 is 16.8 Å². The van der Waals surface area contributed by atoms with E-state index in [1.807, 2.05) is 13.0 Å². The number of hydrogen-bond acceptors (Lipinski definition) is 5. The number of para-hydroxylation sites is 1. The molecule has 0 saturated carbocycles. The lowest BCUT2D eigenvalue weighted by Gasteiger charge is -2.14. The number of carbonyl (C=O) groups excluding carboxylic acids is 1. The van der Waals surface area contributed by atoms with Gasteiger partial charge in [-0.3, -0.25) is 18.7 Å². The van der Waals surface area contributed by atoms with Crippen LogP contribution in [0.2, 0.25) is 0 Å². The van der Waals surface area contributed by atoms with Crippen molar-refractivity contribution in [1.82, 2.24) is 19.4 Å². The van der Waals surface area contributed by atoms with Crippen LogP contribution in [0, 0.1) is 0 Å². The van der Waals surface area contributed by atoms with Crippen LogP contribution >= 0.6 is 0 Å². The zero-order valence-electron chi connectivity index (χ0n) is 16.6. The summed E-state index contributed by atoms with van der Waals surface area (Å²) >= 11 is 0. The van der Waals surface area contributed by atoms with E-state index in [2.05, 4.69) is 10.3 Å². The fourth-order valence-corrected chi connectivity index (χ4v) is 3.08. The van der Waals surface area contributed by atoms with Gasteiger partial charge >= 0.3 is 5.69 Å². The zero-order valence-corrected chi connectivity index (χ0v) is 16.6. The number of pyridine rings is 1. The SMILES string of the molecule is CCCOc1ncccc1CNC(=O)Cn1c(=O)n(CC)c(=O)c2ccccc21. The van der Waals surface area contributed by atoms with Gasteiger partial charge in [0, 0.05) is 24.8 Å². The van der Waals surface area contributed by atoms with Gasteiger partial charge in [-0.2, -0.15) is 0 Å². The first kappa shape index (κ1) is 20.3. The van der Waals surface area contributed by atoms with Crippen molar-refractivity contribution in [3.8, 4) is 5.88 Å². The van der Waals surface area contributed by atoms with Crippen LogP contribution in [-0.2, 0) is 24.4 Å². The first-order valence-corrected chi connectivity index (χ1v) is 9.62. The molecule has 0 aliphatic rings. The highest BCUT2D eigenvalue weighted by Crippen LogP contribution is 2.14. The largest absolute Gasteiger partial charge is 0.477 e. The van der Waals surface area contributed by atoms with Gasteiger partial charge in [-0.15, -0.1) is 0 Å². The molecule has 2 aromatic heterocycles. The smallest absolute Gasteiger partial charge is 0.331 e. The molecule has 152 valence electrons. The number of amides is 1. The average molecular weight is 396 g/mol. The Bertz CT molecular complexity index is 1130. The van der Waals surface area contributed by atoms with Gasteiger partial charge in [0.2, 0.25) is 11.8 Å². The minimum absolute atomic E-state index is 0.189. The summed E-state index contributed by atoms with van der Waals surface area (Å²) < 4.78 is 8.06. The van der Waals surface area contributed by atoms with Crippen LogP contribution in [-0.4, -0.2) is 26.6 Å². The van der Waals surface area contributed by atoms with Crippen LogP contribution in [0.15, 0.2) is 52.2 Å². The van der Waals surface area contributed by atoms with Crippen LogP contribution in [0.4, 0.5) is 0 Å². The molecule has 8 heteroatoms. The summed E-state index contributed by atoms with van der Waals surface area (Å²) in [6.45, 7) is 4.54. The van der Waals surface area contributed by atoms with Crippen LogP contribution in [0.3, 0.4) is 0 Å². The standard InChI is InChI=1S/C21H24N4O4/c1-3-12-29-19-15(8-7-11-22-19)13-23-18(26)14-25-17-10-6-5-9-16(17)20(27)24(4-2)21(25)28/h5-11H,3-4,12-14H2,1-2H3,(H,23,26). The second-order valence-electron chi connectivity index (χ2n) is 6.53. The highest BCUT2D eigenvalue weighted by atomic mass is 16.5. The number of fused-ring (bicyclic) bond motifs is 1. The van der Waals surface area contributed by atoms with E-state index in [9.17, 15) is 14.4 Å². The molecule has 3 aromatic rings. The molecule has 0 fully saturated rings. The predicted molar refractivity (Wildman–Crippen MR) is 110 cm³/mol. The molecule has 2 heterocycles. The van der Waals surface area contributed by atoms with Gasteiger partial charge < -0.3 is 10.1 Å². The summed E-state index contributed by atoms with van der Waals surface area (Å²) in [4.78, 5) is 42.0. The Balaban J connectivity index is 1.83. The van der Waals surface area contributed by atoms with Crippen molar-refractivity contribution in [1.29, 1.82) is 0 Å². The topological polar surface area (TPSA) is 95.2 Å². The van der Waals surface area contributed by atoms with Crippen molar-refractivity contribution < 1.29 is 9.53 Å². The first-order chi connectivity index (χ1) is 14.1. The molecule has 0 aliphatic carbocycles. The van der Waals surface area contributed by atoms with Gasteiger partial charge in [0.1, 0.15) is 6.54 Å². The van der Waals surface area contributed by atoms with Gasteiger partial charge in [0.15, 0.2) is 0 Å². The Hall–Kier alpha value is -3.42. The molecule has 1 N–H and O–H groups in total. The molecule has 29 heavy (non-hydrogen) atoms. The number of hydrogen-bond donors (Lipinski definition) is 1. The third-order valence-corrected chi connectivity index (χ3v) is 4.52. The normalized spacial score (nSPS) is 10.8. The van der Waals surface area contributed by atoms with Crippen molar-refractivity contribution in [3.63, 3.8) is 0 Å². The van der Waals surface area contributed by atoms with Gasteiger partial charge in [-0.1, -0.05) is 25.1 Å². The maximum Gasteiger partial charge on any atom is 0.331 e. The van der Waals surface area contributed by atoms with E-state index in [-0.39, 0.29) is 31.1 Å². The Labute approximate surface area is 167 Å². The first-order valence-electron chi connectivity index (χ1n) is 9.62. The van der Waals surface area contributed by atoms with E-state index in [1.54, 1.807) is 43.5 Å². The molecule has 0 saturated heterocycles. The van der Waals surface area contributed by atoms with Gasteiger partial charge in [-0.05, 0) is 31.5 Å². The van der Waals surface area contributed by atoms with Crippen LogP contribution in [0.25, 0.3) is 10.9 Å². The van der Waals surface area contributed by atoms with E-state index < -0.39 is 5.69 Å². The molecule has 0 radical (unpaired) electrons. The second-order valence-corrected chi connectivity index (χ2v) is 6.53. The molecule has 8 nitrogen and oxygen atoms in total. The van der Waals surface area contributed by atoms with E-state index >= 15 is 0 Å². The number of benzene rings is 1. The van der Waals surface area contributed by atoms with Gasteiger partial charge in [-0.25, -0.2) is 9.78 Å². The molecular weight excluding hydrogens is 372 g/mol. The van der Waals surface area contributed by atoms with Crippen molar-refractivity contribution in [2.24, 2.45) is 0 Å². The number of rotatable bonds is 8. The Morgan fingerprint density at radius 3 is 2.66 bits per heavy atom. The summed E-state index contributed by atoms with van der Waals surface area (Å²) in [6, 6.07) is 10.4. The molecule has 1 amide bonds. The Morgan fingerprint density at radius 1 is 1.10 bits per heavy atom. The molecule has 3 rings (SSSR count). The summed E-state index contributed by atoms with van der Waals surface area (Å²) in [7, 11) is 0. The quantitative estimate of drug-likeness (QED) is 0.625. The van der Waals surface area contributed by atoms with Crippen molar-refractivity contribution in [2.45, 2.75) is 39.9 Å². The minimum atomic E-state index is -0.500. The highest BCUT2D eigenvalue weighted by Gasteiger charge is 2.15. The van der Waals surface area contributed by atoms with E-state index in [0.717, 1.165) is 16.6 Å². The summed E-state index contributed by atoms with van der Waals surface area (Å²) in [6.07, 6.45) is 2.49. The molecule has 1 aromatic carbocycles. The fourth-order valence-electron chi connectivity index (χ4n) is 3.08. The van der Waals surface area contributed by atoms with Crippen molar-refractivity contribution in [3.05, 3.63) is 69.0 Å². The van der Waals surface area contributed by atoms with Crippen LogP contribution < -0.4 is 21.3 Å². The molecule has 0 atom stereocenters. The number of nitrogens with zero attached hydrogens (tertiary/aromatic N) is 3. The third-order valence-electron chi connectivity index (χ3n) is 4.52. The zero-order chi connectivity index (χ0) is 20.8. The lowest BCUT2D eigenvalue weighted by Crippen LogP contribution is -2.42. The molecule has 0 aliphatic heterocycles. The monoisotopic (exact) mass is 396 g/mol. The second kappa shape index (κ2) is 9.18. The third kappa shape index (κ3) is 4.37. The molecule has 0 spiro atoms. The average Bonchev–Trinajstić information content (AvgIpc) is 2.74. The predicted octanol–water partition coefficient (Wildman–Crippen LogP) is 1.68. The molecule has 0 unspecified atom stereocenters. The number of ether oxygens (including phenoxy) is 1. The highest BCUT2D eigenvalue weighted by molar-refractivity contribution is 5.81. The van der Waals surface area contributed by atoms with Crippen LogP contribution in [0.1, 0.15) is 25.8 Å². The Kier molecular flexibility index (Phi) is 6.43. The number of carbonyl (C=O) groups is 1.